The number of aliphatic hydroxyl groups is 1. The standard InChI is InChI=1S/C21H35N7O7/c1-10(2)6-14(27-20(33)17(23)11(3)29)19(32)26-13(4-5-16(22)30)18(31)28-15(21(34)35)7-12-8-24-9-25-12/h8-11,13-15,17,29H,4-7,23H2,1-3H3,(H2,22,30)(H,24,25)(H,26,32)(H,27,33)(H,28,31)(H,34,35). The Hall–Kier alpha value is -3.52. The lowest BCUT2D eigenvalue weighted by Crippen LogP contribution is -2.58. The maximum Gasteiger partial charge on any atom is 0.326 e. The fourth-order valence-electron chi connectivity index (χ4n) is 3.11. The molecule has 0 fully saturated rings. The van der Waals surface area contributed by atoms with E-state index in [1.54, 1.807) is 0 Å². The molecule has 35 heavy (non-hydrogen) atoms. The monoisotopic (exact) mass is 497 g/mol. The number of amides is 4. The van der Waals surface area contributed by atoms with Crippen LogP contribution in [0.25, 0.3) is 0 Å². The summed E-state index contributed by atoms with van der Waals surface area (Å²) in [5, 5.41) is 26.3. The number of aromatic nitrogens is 2. The quantitative estimate of drug-likeness (QED) is 0.128. The summed E-state index contributed by atoms with van der Waals surface area (Å²) in [7, 11) is 0. The minimum Gasteiger partial charge on any atom is -0.480 e. The Bertz CT molecular complexity index is 873. The van der Waals surface area contributed by atoms with Crippen LogP contribution in [0.5, 0.6) is 0 Å². The summed E-state index contributed by atoms with van der Waals surface area (Å²) in [6.45, 7) is 4.95. The molecule has 0 saturated carbocycles. The van der Waals surface area contributed by atoms with Gasteiger partial charge in [-0.2, -0.15) is 0 Å². The van der Waals surface area contributed by atoms with Crippen molar-refractivity contribution < 1.29 is 34.2 Å². The van der Waals surface area contributed by atoms with Crippen LogP contribution in [0.15, 0.2) is 12.5 Å². The number of imidazole rings is 1. The predicted molar refractivity (Wildman–Crippen MR) is 123 cm³/mol. The van der Waals surface area contributed by atoms with Crippen molar-refractivity contribution in [3.8, 4) is 0 Å². The maximum absolute atomic E-state index is 13.0. The summed E-state index contributed by atoms with van der Waals surface area (Å²) in [5.41, 5.74) is 11.3. The second-order valence-corrected chi connectivity index (χ2v) is 8.70. The summed E-state index contributed by atoms with van der Waals surface area (Å²) >= 11 is 0. The molecule has 0 aliphatic carbocycles. The van der Waals surface area contributed by atoms with Crippen molar-refractivity contribution in [2.75, 3.05) is 0 Å². The summed E-state index contributed by atoms with van der Waals surface area (Å²) in [6, 6.07) is -5.02. The van der Waals surface area contributed by atoms with Crippen LogP contribution in [-0.4, -0.2) is 80.1 Å². The zero-order valence-corrected chi connectivity index (χ0v) is 20.0. The number of nitrogens with one attached hydrogen (secondary N) is 4. The van der Waals surface area contributed by atoms with E-state index >= 15 is 0 Å². The number of carboxylic acids is 1. The SMILES string of the molecule is CC(C)CC(NC(=O)C(N)C(C)O)C(=O)NC(CCC(N)=O)C(=O)NC(Cc1cnc[nH]1)C(=O)O. The molecule has 1 rings (SSSR count). The van der Waals surface area contributed by atoms with E-state index in [-0.39, 0.29) is 31.6 Å². The molecule has 0 aliphatic rings. The van der Waals surface area contributed by atoms with Crippen molar-refractivity contribution in [3.05, 3.63) is 18.2 Å². The number of aromatic amines is 1. The Kier molecular flexibility index (Phi) is 11.8. The molecule has 4 amide bonds. The topological polar surface area (TPSA) is 243 Å². The number of nitrogens with two attached hydrogens (primary N) is 2. The van der Waals surface area contributed by atoms with Gasteiger partial charge in [-0.3, -0.25) is 19.2 Å². The Labute approximate surface area is 202 Å². The second kappa shape index (κ2) is 14.0. The van der Waals surface area contributed by atoms with Crippen LogP contribution < -0.4 is 27.4 Å². The fraction of sp³-hybridized carbons (Fsp3) is 0.619. The molecule has 1 heterocycles. The molecule has 14 nitrogen and oxygen atoms in total. The van der Waals surface area contributed by atoms with Crippen LogP contribution in [0.4, 0.5) is 0 Å². The van der Waals surface area contributed by atoms with Gasteiger partial charge in [0, 0.05) is 24.7 Å². The molecular weight excluding hydrogens is 462 g/mol. The molecule has 0 bridgehead atoms. The first kappa shape index (κ1) is 29.5. The lowest BCUT2D eigenvalue weighted by Gasteiger charge is -2.26. The number of hydrogen-bond acceptors (Lipinski definition) is 8. The molecule has 1 aromatic rings. The third-order valence-electron chi connectivity index (χ3n) is 5.07. The number of nitrogens with zero attached hydrogens (tertiary/aromatic N) is 1. The molecule has 0 aromatic carbocycles. The van der Waals surface area contributed by atoms with Gasteiger partial charge in [-0.1, -0.05) is 13.8 Å². The molecule has 14 heteroatoms. The molecule has 0 radical (unpaired) electrons. The number of primary amides is 1. The van der Waals surface area contributed by atoms with Crippen molar-refractivity contribution in [1.82, 2.24) is 25.9 Å². The molecule has 5 atom stereocenters. The number of aliphatic carboxylic acids is 1. The molecule has 1 aromatic heterocycles. The molecule has 5 unspecified atom stereocenters. The third kappa shape index (κ3) is 10.5. The first-order valence-corrected chi connectivity index (χ1v) is 11.1. The van der Waals surface area contributed by atoms with Crippen molar-refractivity contribution in [3.63, 3.8) is 0 Å². The van der Waals surface area contributed by atoms with Gasteiger partial charge >= 0.3 is 5.97 Å². The van der Waals surface area contributed by atoms with Gasteiger partial charge in [0.05, 0.1) is 12.4 Å². The van der Waals surface area contributed by atoms with Crippen LogP contribution in [0, 0.1) is 5.92 Å². The lowest BCUT2D eigenvalue weighted by atomic mass is 10.0. The van der Waals surface area contributed by atoms with Crippen molar-refractivity contribution in [2.24, 2.45) is 17.4 Å². The second-order valence-electron chi connectivity index (χ2n) is 8.70. The molecular formula is C21H35N7O7. The van der Waals surface area contributed by atoms with Gasteiger partial charge in [0.25, 0.3) is 0 Å². The maximum atomic E-state index is 13.0. The van der Waals surface area contributed by atoms with Gasteiger partial charge < -0.3 is 42.6 Å². The number of carboxylic acid groups (broad SMARTS) is 1. The minimum atomic E-state index is -1.34. The van der Waals surface area contributed by atoms with E-state index in [1.165, 1.54) is 19.4 Å². The van der Waals surface area contributed by atoms with Crippen LogP contribution >= 0.6 is 0 Å². The highest BCUT2D eigenvalue weighted by atomic mass is 16.4. The summed E-state index contributed by atoms with van der Waals surface area (Å²) in [6.07, 6.45) is 1.25. The Morgan fingerprint density at radius 2 is 1.57 bits per heavy atom. The molecule has 10 N–H and O–H groups in total. The van der Waals surface area contributed by atoms with E-state index < -0.39 is 59.9 Å². The number of aliphatic hydroxyl groups excluding tert-OH is 1. The average molecular weight is 498 g/mol. The summed E-state index contributed by atoms with van der Waals surface area (Å²) < 4.78 is 0. The first-order chi connectivity index (χ1) is 16.3. The number of H-pyrrole nitrogens is 1. The number of carbonyl (C=O) groups excluding carboxylic acids is 4. The molecule has 0 spiro atoms. The van der Waals surface area contributed by atoms with E-state index in [0.717, 1.165) is 0 Å². The minimum absolute atomic E-state index is 0.0440. The average Bonchev–Trinajstić information content (AvgIpc) is 3.27. The zero-order valence-electron chi connectivity index (χ0n) is 20.0. The van der Waals surface area contributed by atoms with Gasteiger partial charge in [0.2, 0.25) is 23.6 Å². The van der Waals surface area contributed by atoms with Crippen molar-refractivity contribution in [2.45, 2.75) is 76.7 Å². The normalized spacial score (nSPS) is 15.4. The first-order valence-electron chi connectivity index (χ1n) is 11.1. The van der Waals surface area contributed by atoms with Gasteiger partial charge in [-0.15, -0.1) is 0 Å². The highest BCUT2D eigenvalue weighted by molar-refractivity contribution is 5.94. The van der Waals surface area contributed by atoms with Crippen LogP contribution in [0.2, 0.25) is 0 Å². The largest absolute Gasteiger partial charge is 0.480 e. The van der Waals surface area contributed by atoms with Gasteiger partial charge in [-0.25, -0.2) is 9.78 Å². The van der Waals surface area contributed by atoms with E-state index in [1.807, 2.05) is 13.8 Å². The smallest absolute Gasteiger partial charge is 0.326 e. The number of rotatable bonds is 15. The van der Waals surface area contributed by atoms with Gasteiger partial charge in [-0.05, 0) is 25.7 Å². The summed E-state index contributed by atoms with van der Waals surface area (Å²) in [5.74, 6) is -4.43. The third-order valence-corrected chi connectivity index (χ3v) is 5.07. The Balaban J connectivity index is 3.02. The number of carbonyl (C=O) groups is 5. The molecule has 0 aliphatic heterocycles. The van der Waals surface area contributed by atoms with Crippen LogP contribution in [-0.2, 0) is 30.4 Å². The number of hydrogen-bond donors (Lipinski definition) is 8. The van der Waals surface area contributed by atoms with Crippen LogP contribution in [0.3, 0.4) is 0 Å². The fourth-order valence-corrected chi connectivity index (χ4v) is 3.11. The van der Waals surface area contributed by atoms with E-state index in [9.17, 15) is 34.2 Å². The molecule has 196 valence electrons. The Morgan fingerprint density at radius 1 is 1.00 bits per heavy atom. The zero-order chi connectivity index (χ0) is 26.7. The Morgan fingerprint density at radius 3 is 2.06 bits per heavy atom. The summed E-state index contributed by atoms with van der Waals surface area (Å²) in [4.78, 5) is 67.7. The highest BCUT2D eigenvalue weighted by Gasteiger charge is 2.31. The van der Waals surface area contributed by atoms with E-state index in [4.69, 9.17) is 11.5 Å². The lowest BCUT2D eigenvalue weighted by molar-refractivity contribution is -0.142. The van der Waals surface area contributed by atoms with Gasteiger partial charge in [0.1, 0.15) is 24.2 Å². The van der Waals surface area contributed by atoms with Gasteiger partial charge in [0.15, 0.2) is 0 Å². The van der Waals surface area contributed by atoms with Crippen molar-refractivity contribution in [1.29, 1.82) is 0 Å². The van der Waals surface area contributed by atoms with Crippen molar-refractivity contribution >= 4 is 29.6 Å². The van der Waals surface area contributed by atoms with Crippen LogP contribution in [0.1, 0.15) is 45.7 Å². The molecule has 0 saturated heterocycles. The van der Waals surface area contributed by atoms with E-state index in [2.05, 4.69) is 25.9 Å². The predicted octanol–water partition coefficient (Wildman–Crippen LogP) is -2.49. The highest BCUT2D eigenvalue weighted by Crippen LogP contribution is 2.08. The van der Waals surface area contributed by atoms with E-state index in [0.29, 0.717) is 5.69 Å².